The molecule has 3 heteroatoms. The largest absolute Gasteiger partial charge is 0.316 e. The van der Waals surface area contributed by atoms with E-state index in [4.69, 9.17) is 0 Å². The number of thioether (sulfide) groups is 1. The Labute approximate surface area is 85.4 Å². The average Bonchev–Trinajstić information content (AvgIpc) is 2.71. The molecule has 0 aromatic heterocycles. The summed E-state index contributed by atoms with van der Waals surface area (Å²) < 4.78 is 0. The summed E-state index contributed by atoms with van der Waals surface area (Å²) in [6, 6.07) is 1.61. The summed E-state index contributed by atoms with van der Waals surface area (Å²) in [6.07, 6.45) is 2.74. The van der Waals surface area contributed by atoms with Gasteiger partial charge >= 0.3 is 0 Å². The van der Waals surface area contributed by atoms with Gasteiger partial charge in [-0.15, -0.1) is 0 Å². The van der Waals surface area contributed by atoms with E-state index in [0.29, 0.717) is 0 Å². The number of nitrogens with zero attached hydrogens (tertiary/aromatic N) is 1. The van der Waals surface area contributed by atoms with E-state index >= 15 is 0 Å². The summed E-state index contributed by atoms with van der Waals surface area (Å²) >= 11 is 2.14. The lowest BCUT2D eigenvalue weighted by Gasteiger charge is -2.26. The first-order valence-corrected chi connectivity index (χ1v) is 6.39. The molecule has 2 saturated heterocycles. The number of likely N-dealkylation sites (tertiary alicyclic amines) is 1. The highest BCUT2D eigenvalue weighted by Crippen LogP contribution is 2.31. The molecule has 0 saturated carbocycles. The van der Waals surface area contributed by atoms with Crippen molar-refractivity contribution in [1.29, 1.82) is 0 Å². The summed E-state index contributed by atoms with van der Waals surface area (Å²) in [7, 11) is 2.08. The molecule has 2 rings (SSSR count). The molecule has 0 radical (unpaired) electrons. The van der Waals surface area contributed by atoms with Gasteiger partial charge in [0.2, 0.25) is 0 Å². The van der Waals surface area contributed by atoms with Crippen LogP contribution in [-0.2, 0) is 0 Å². The summed E-state index contributed by atoms with van der Waals surface area (Å²) in [4.78, 5) is 2.69. The van der Waals surface area contributed by atoms with Crippen LogP contribution >= 0.6 is 11.8 Å². The number of nitrogens with one attached hydrogen (secondary N) is 1. The smallest absolute Gasteiger partial charge is 0.0220 e. The first-order chi connectivity index (χ1) is 6.31. The monoisotopic (exact) mass is 200 g/mol. The van der Waals surface area contributed by atoms with Crippen LogP contribution in [0.3, 0.4) is 0 Å². The van der Waals surface area contributed by atoms with Gasteiger partial charge in [-0.05, 0) is 25.6 Å². The van der Waals surface area contributed by atoms with Crippen molar-refractivity contribution in [2.75, 3.05) is 25.9 Å². The van der Waals surface area contributed by atoms with Crippen LogP contribution in [0, 0.1) is 0 Å². The van der Waals surface area contributed by atoms with Crippen LogP contribution in [0.5, 0.6) is 0 Å². The SMILES string of the molecule is CNC1CCN(C2CCSC2C)C1. The van der Waals surface area contributed by atoms with Gasteiger partial charge in [-0.3, -0.25) is 4.90 Å². The zero-order chi connectivity index (χ0) is 9.26. The van der Waals surface area contributed by atoms with Gasteiger partial charge in [-0.25, -0.2) is 0 Å². The van der Waals surface area contributed by atoms with Crippen molar-refractivity contribution in [3.8, 4) is 0 Å². The Morgan fingerprint density at radius 2 is 2.23 bits per heavy atom. The van der Waals surface area contributed by atoms with Crippen LogP contribution < -0.4 is 5.32 Å². The molecule has 0 amide bonds. The molecular formula is C10H20N2S. The zero-order valence-corrected chi connectivity index (χ0v) is 9.44. The summed E-state index contributed by atoms with van der Waals surface area (Å²) in [5.74, 6) is 1.37. The Morgan fingerprint density at radius 3 is 2.77 bits per heavy atom. The summed E-state index contributed by atoms with van der Waals surface area (Å²) in [6.45, 7) is 4.96. The molecule has 3 unspecified atom stereocenters. The number of rotatable bonds is 2. The van der Waals surface area contributed by atoms with E-state index in [0.717, 1.165) is 17.3 Å². The van der Waals surface area contributed by atoms with Crippen LogP contribution in [0.4, 0.5) is 0 Å². The molecule has 2 aliphatic heterocycles. The van der Waals surface area contributed by atoms with Crippen molar-refractivity contribution < 1.29 is 0 Å². The second-order valence-corrected chi connectivity index (χ2v) is 5.69. The van der Waals surface area contributed by atoms with Gasteiger partial charge in [0.1, 0.15) is 0 Å². The lowest BCUT2D eigenvalue weighted by molar-refractivity contribution is 0.238. The molecule has 0 bridgehead atoms. The molecule has 1 N–H and O–H groups in total. The molecule has 0 aromatic carbocycles. The minimum atomic E-state index is 0.748. The highest BCUT2D eigenvalue weighted by molar-refractivity contribution is 8.00. The van der Waals surface area contributed by atoms with Gasteiger partial charge in [0.05, 0.1) is 0 Å². The first-order valence-electron chi connectivity index (χ1n) is 5.34. The van der Waals surface area contributed by atoms with Crippen molar-refractivity contribution in [3.05, 3.63) is 0 Å². The molecule has 0 aliphatic carbocycles. The third kappa shape index (κ3) is 2.03. The number of hydrogen-bond acceptors (Lipinski definition) is 3. The maximum absolute atomic E-state index is 3.38. The Kier molecular flexibility index (Phi) is 3.17. The molecule has 0 spiro atoms. The predicted octanol–water partition coefficient (Wildman–Crippen LogP) is 1.17. The Morgan fingerprint density at radius 1 is 1.38 bits per heavy atom. The van der Waals surface area contributed by atoms with Gasteiger partial charge in [0.15, 0.2) is 0 Å². The van der Waals surface area contributed by atoms with Gasteiger partial charge in [-0.1, -0.05) is 6.92 Å². The first kappa shape index (κ1) is 9.81. The minimum Gasteiger partial charge on any atom is -0.316 e. The molecule has 13 heavy (non-hydrogen) atoms. The fourth-order valence-electron chi connectivity index (χ4n) is 2.52. The van der Waals surface area contributed by atoms with Crippen molar-refractivity contribution >= 4 is 11.8 Å². The zero-order valence-electron chi connectivity index (χ0n) is 8.62. The normalized spacial score (nSPS) is 41.5. The molecule has 76 valence electrons. The quantitative estimate of drug-likeness (QED) is 0.720. The second kappa shape index (κ2) is 4.20. The van der Waals surface area contributed by atoms with Crippen molar-refractivity contribution in [2.24, 2.45) is 0 Å². The van der Waals surface area contributed by atoms with E-state index in [1.54, 1.807) is 0 Å². The fourth-order valence-corrected chi connectivity index (χ4v) is 3.80. The molecule has 0 aromatic rings. The molecule has 3 atom stereocenters. The van der Waals surface area contributed by atoms with E-state index < -0.39 is 0 Å². The third-order valence-electron chi connectivity index (χ3n) is 3.43. The van der Waals surface area contributed by atoms with Crippen LogP contribution in [0.2, 0.25) is 0 Å². The molecule has 2 heterocycles. The molecule has 2 fully saturated rings. The van der Waals surface area contributed by atoms with Crippen molar-refractivity contribution in [2.45, 2.75) is 37.1 Å². The maximum Gasteiger partial charge on any atom is 0.0220 e. The van der Waals surface area contributed by atoms with Crippen LogP contribution in [0.1, 0.15) is 19.8 Å². The maximum atomic E-state index is 3.38. The fraction of sp³-hybridized carbons (Fsp3) is 1.00. The van der Waals surface area contributed by atoms with E-state index in [1.807, 2.05) is 0 Å². The Balaban J connectivity index is 1.88. The van der Waals surface area contributed by atoms with Gasteiger partial charge in [-0.2, -0.15) is 11.8 Å². The Hall–Kier alpha value is 0.270. The van der Waals surface area contributed by atoms with Crippen molar-refractivity contribution in [1.82, 2.24) is 10.2 Å². The average molecular weight is 200 g/mol. The highest BCUT2D eigenvalue weighted by atomic mass is 32.2. The van der Waals surface area contributed by atoms with Crippen LogP contribution in [0.25, 0.3) is 0 Å². The molecule has 2 nitrogen and oxygen atoms in total. The standard InChI is InChI=1S/C10H20N2S/c1-8-10(4-6-13-8)12-5-3-9(7-12)11-2/h8-11H,3-7H2,1-2H3. The lowest BCUT2D eigenvalue weighted by Crippen LogP contribution is -2.39. The second-order valence-electron chi connectivity index (χ2n) is 4.20. The lowest BCUT2D eigenvalue weighted by atomic mass is 10.1. The predicted molar refractivity (Wildman–Crippen MR) is 59.4 cm³/mol. The van der Waals surface area contributed by atoms with E-state index in [9.17, 15) is 0 Å². The highest BCUT2D eigenvalue weighted by Gasteiger charge is 2.33. The van der Waals surface area contributed by atoms with Crippen LogP contribution in [0.15, 0.2) is 0 Å². The van der Waals surface area contributed by atoms with E-state index in [1.165, 1.54) is 31.7 Å². The Bertz CT molecular complexity index is 174. The topological polar surface area (TPSA) is 15.3 Å². The molecule has 2 aliphatic rings. The van der Waals surface area contributed by atoms with Crippen LogP contribution in [-0.4, -0.2) is 48.1 Å². The minimum absolute atomic E-state index is 0.748. The van der Waals surface area contributed by atoms with Gasteiger partial charge in [0.25, 0.3) is 0 Å². The summed E-state index contributed by atoms with van der Waals surface area (Å²) in [5.41, 5.74) is 0. The summed E-state index contributed by atoms with van der Waals surface area (Å²) in [5, 5.41) is 4.24. The van der Waals surface area contributed by atoms with Crippen molar-refractivity contribution in [3.63, 3.8) is 0 Å². The van der Waals surface area contributed by atoms with Gasteiger partial charge < -0.3 is 5.32 Å². The third-order valence-corrected chi connectivity index (χ3v) is 4.74. The van der Waals surface area contributed by atoms with E-state index in [2.05, 4.69) is 35.9 Å². The number of hydrogen-bond donors (Lipinski definition) is 1. The molecular weight excluding hydrogens is 180 g/mol. The van der Waals surface area contributed by atoms with E-state index in [-0.39, 0.29) is 0 Å². The van der Waals surface area contributed by atoms with Gasteiger partial charge in [0, 0.05) is 30.4 Å². The number of likely N-dealkylation sites (N-methyl/N-ethyl adjacent to an activating group) is 1.